The lowest BCUT2D eigenvalue weighted by Gasteiger charge is -2.45. The van der Waals surface area contributed by atoms with E-state index < -0.39 is 5.72 Å². The van der Waals surface area contributed by atoms with Crippen molar-refractivity contribution in [3.8, 4) is 0 Å². The van der Waals surface area contributed by atoms with Crippen molar-refractivity contribution < 1.29 is 9.47 Å². The largest absolute Gasteiger partial charge is 0.362 e. The Morgan fingerprint density at radius 2 is 1.73 bits per heavy atom. The van der Waals surface area contributed by atoms with Gasteiger partial charge in [-0.05, 0) is 56.1 Å². The predicted molar refractivity (Wildman–Crippen MR) is 145 cm³/mol. The molecule has 3 aliphatic heterocycles. The number of nitrogens with zero attached hydrogens (tertiary/aromatic N) is 3. The second kappa shape index (κ2) is 10.7. The number of aromatic nitrogens is 1. The second-order valence-electron chi connectivity index (χ2n) is 10.6. The number of ether oxygens (including phenoxy) is 2. The van der Waals surface area contributed by atoms with Gasteiger partial charge in [0.25, 0.3) is 0 Å². The summed E-state index contributed by atoms with van der Waals surface area (Å²) in [5.74, 6) is 0.489. The molecule has 37 heavy (non-hydrogen) atoms. The summed E-state index contributed by atoms with van der Waals surface area (Å²) in [5, 5.41) is 3.86. The van der Waals surface area contributed by atoms with E-state index in [-0.39, 0.29) is 6.17 Å². The first-order chi connectivity index (χ1) is 18.2. The Bertz CT molecular complexity index is 1180. The third-order valence-corrected chi connectivity index (χ3v) is 7.95. The van der Waals surface area contributed by atoms with Crippen LogP contribution in [0, 0.1) is 12.8 Å². The van der Waals surface area contributed by atoms with Crippen LogP contribution in [0.3, 0.4) is 0 Å². The molecular weight excluding hydrogens is 460 g/mol. The minimum Gasteiger partial charge on any atom is -0.362 e. The molecule has 0 spiro atoms. The highest BCUT2D eigenvalue weighted by Crippen LogP contribution is 2.38. The van der Waals surface area contributed by atoms with Crippen molar-refractivity contribution in [1.29, 1.82) is 0 Å². The van der Waals surface area contributed by atoms with Gasteiger partial charge in [-0.15, -0.1) is 0 Å². The molecule has 0 radical (unpaired) electrons. The van der Waals surface area contributed by atoms with Gasteiger partial charge in [0, 0.05) is 31.3 Å². The van der Waals surface area contributed by atoms with Crippen molar-refractivity contribution in [2.45, 2.75) is 44.6 Å². The van der Waals surface area contributed by atoms with Crippen molar-refractivity contribution in [2.75, 3.05) is 26.5 Å². The number of likely N-dealkylation sites (tertiary alicyclic amines) is 1. The molecule has 6 nitrogen and oxygen atoms in total. The van der Waals surface area contributed by atoms with Crippen LogP contribution in [-0.4, -0.2) is 53.2 Å². The van der Waals surface area contributed by atoms with Gasteiger partial charge in [-0.1, -0.05) is 66.2 Å². The fourth-order valence-corrected chi connectivity index (χ4v) is 5.89. The Hall–Kier alpha value is -3.19. The first kappa shape index (κ1) is 24.2. The number of aryl methyl sites for hydroxylation is 1. The van der Waals surface area contributed by atoms with E-state index in [9.17, 15) is 0 Å². The Balaban J connectivity index is 1.23. The van der Waals surface area contributed by atoms with Gasteiger partial charge in [0.15, 0.2) is 5.72 Å². The van der Waals surface area contributed by atoms with Crippen molar-refractivity contribution in [3.05, 3.63) is 108 Å². The number of hydrogen-bond donors (Lipinski definition) is 1. The number of benzene rings is 2. The zero-order valence-electron chi connectivity index (χ0n) is 21.6. The van der Waals surface area contributed by atoms with Gasteiger partial charge in [0.05, 0.1) is 18.0 Å². The zero-order valence-corrected chi connectivity index (χ0v) is 21.6. The number of piperidine rings is 1. The Morgan fingerprint density at radius 1 is 0.946 bits per heavy atom. The Kier molecular flexibility index (Phi) is 6.96. The van der Waals surface area contributed by atoms with E-state index in [0.29, 0.717) is 19.3 Å². The van der Waals surface area contributed by atoms with E-state index in [1.807, 2.05) is 18.3 Å². The van der Waals surface area contributed by atoms with Crippen molar-refractivity contribution in [2.24, 2.45) is 5.92 Å². The topological polar surface area (TPSA) is 49.9 Å². The highest BCUT2D eigenvalue weighted by Gasteiger charge is 2.48. The summed E-state index contributed by atoms with van der Waals surface area (Å²) in [5.41, 5.74) is 5.42. The third-order valence-electron chi connectivity index (χ3n) is 7.95. The molecule has 3 aliphatic rings. The quantitative estimate of drug-likeness (QED) is 0.508. The molecule has 192 valence electrons. The minimum atomic E-state index is -0.547. The average molecular weight is 497 g/mol. The summed E-state index contributed by atoms with van der Waals surface area (Å²) in [6.45, 7) is 6.20. The molecule has 2 saturated heterocycles. The number of nitrogens with one attached hydrogen (secondary N) is 1. The molecule has 6 heteroatoms. The lowest BCUT2D eigenvalue weighted by Crippen LogP contribution is -2.58. The molecular formula is C31H36N4O2. The normalized spacial score (nSPS) is 24.7. The van der Waals surface area contributed by atoms with Crippen molar-refractivity contribution >= 4 is 5.70 Å². The summed E-state index contributed by atoms with van der Waals surface area (Å²) in [6.07, 6.45) is 7.24. The molecule has 2 unspecified atom stereocenters. The Morgan fingerprint density at radius 3 is 2.43 bits per heavy atom. The molecule has 0 amide bonds. The van der Waals surface area contributed by atoms with E-state index in [1.54, 1.807) is 0 Å². The van der Waals surface area contributed by atoms with Crippen molar-refractivity contribution in [3.63, 3.8) is 0 Å². The first-order valence-electron chi connectivity index (χ1n) is 13.4. The highest BCUT2D eigenvalue weighted by atomic mass is 16.7. The maximum atomic E-state index is 6.43. The van der Waals surface area contributed by atoms with Crippen LogP contribution in [0.15, 0.2) is 85.2 Å². The number of rotatable bonds is 7. The van der Waals surface area contributed by atoms with Crippen LogP contribution in [-0.2, 0) is 22.4 Å². The molecule has 0 bridgehead atoms. The van der Waals surface area contributed by atoms with Crippen LogP contribution in [0.2, 0.25) is 0 Å². The standard InChI is InChI=1S/C31H36N4O2/c1-24-10-12-26(13-11-24)20-34-17-14-27(15-18-34)30-33-29(28-9-5-6-16-32-28)21-35(30)31(22-36-23-37-31)19-25-7-3-2-4-8-25/h2-13,16,21,27,30,33H,14-15,17-20,22-23H2,1H3. The molecule has 4 heterocycles. The molecule has 1 aromatic heterocycles. The molecule has 0 aliphatic carbocycles. The smallest absolute Gasteiger partial charge is 0.172 e. The molecule has 2 fully saturated rings. The van der Waals surface area contributed by atoms with Crippen LogP contribution in [0.5, 0.6) is 0 Å². The van der Waals surface area contributed by atoms with Crippen LogP contribution < -0.4 is 5.32 Å². The fraction of sp³-hybridized carbons (Fsp3) is 0.387. The van der Waals surface area contributed by atoms with E-state index >= 15 is 0 Å². The summed E-state index contributed by atoms with van der Waals surface area (Å²) in [4.78, 5) is 9.64. The maximum Gasteiger partial charge on any atom is 0.172 e. The van der Waals surface area contributed by atoms with E-state index in [0.717, 1.165) is 50.3 Å². The molecule has 2 aromatic carbocycles. The molecule has 0 saturated carbocycles. The van der Waals surface area contributed by atoms with Gasteiger partial charge in [-0.25, -0.2) is 0 Å². The number of hydrogen-bond acceptors (Lipinski definition) is 6. The minimum absolute atomic E-state index is 0.129. The van der Waals surface area contributed by atoms with Gasteiger partial charge in [0.2, 0.25) is 0 Å². The highest BCUT2D eigenvalue weighted by molar-refractivity contribution is 5.62. The molecule has 3 aromatic rings. The SMILES string of the molecule is Cc1ccc(CN2CCC(C3NC(c4ccccn4)=CN3C3(Cc4ccccc4)COCO3)CC2)cc1. The van der Waals surface area contributed by atoms with Gasteiger partial charge in [-0.2, -0.15) is 0 Å². The van der Waals surface area contributed by atoms with E-state index in [4.69, 9.17) is 9.47 Å². The van der Waals surface area contributed by atoms with E-state index in [1.165, 1.54) is 16.7 Å². The van der Waals surface area contributed by atoms with Crippen LogP contribution in [0.25, 0.3) is 5.70 Å². The summed E-state index contributed by atoms with van der Waals surface area (Å²) in [7, 11) is 0. The second-order valence-corrected chi connectivity index (χ2v) is 10.6. The van der Waals surface area contributed by atoms with Crippen LogP contribution in [0.1, 0.15) is 35.2 Å². The number of pyridine rings is 1. The maximum absolute atomic E-state index is 6.43. The lowest BCUT2D eigenvalue weighted by molar-refractivity contribution is -0.119. The predicted octanol–water partition coefficient (Wildman–Crippen LogP) is 4.78. The zero-order chi connectivity index (χ0) is 25.1. The Labute approximate surface area is 219 Å². The summed E-state index contributed by atoms with van der Waals surface area (Å²) in [6, 6.07) is 25.6. The monoisotopic (exact) mass is 496 g/mol. The lowest BCUT2D eigenvalue weighted by atomic mass is 9.91. The average Bonchev–Trinajstić information content (AvgIpc) is 3.60. The van der Waals surface area contributed by atoms with Gasteiger partial charge < -0.3 is 19.7 Å². The van der Waals surface area contributed by atoms with Gasteiger partial charge in [-0.3, -0.25) is 9.88 Å². The van der Waals surface area contributed by atoms with Crippen LogP contribution >= 0.6 is 0 Å². The molecule has 1 N–H and O–H groups in total. The summed E-state index contributed by atoms with van der Waals surface area (Å²) < 4.78 is 12.3. The molecule has 6 rings (SSSR count). The first-order valence-corrected chi connectivity index (χ1v) is 13.4. The fourth-order valence-electron chi connectivity index (χ4n) is 5.89. The van der Waals surface area contributed by atoms with Gasteiger partial charge in [0.1, 0.15) is 13.0 Å². The summed E-state index contributed by atoms with van der Waals surface area (Å²) >= 11 is 0. The van der Waals surface area contributed by atoms with E-state index in [2.05, 4.69) is 93.9 Å². The van der Waals surface area contributed by atoms with Crippen LogP contribution in [0.4, 0.5) is 0 Å². The van der Waals surface area contributed by atoms with Gasteiger partial charge >= 0.3 is 0 Å². The van der Waals surface area contributed by atoms with Crippen molar-refractivity contribution in [1.82, 2.24) is 20.1 Å². The third kappa shape index (κ3) is 5.28. The molecule has 2 atom stereocenters.